The lowest BCUT2D eigenvalue weighted by molar-refractivity contribution is 0.694. The lowest BCUT2D eigenvalue weighted by Gasteiger charge is -1.93. The fraction of sp³-hybridized carbons (Fsp3) is 0.632. The van der Waals surface area contributed by atoms with Gasteiger partial charge in [0.15, 0.2) is 0 Å². The molecule has 0 heteroatoms. The summed E-state index contributed by atoms with van der Waals surface area (Å²) < 4.78 is 0. The van der Waals surface area contributed by atoms with Gasteiger partial charge in [0.1, 0.15) is 0 Å². The van der Waals surface area contributed by atoms with Crippen LogP contribution >= 0.6 is 0 Å². The Morgan fingerprint density at radius 1 is 0.632 bits per heavy atom. The summed E-state index contributed by atoms with van der Waals surface area (Å²) in [6, 6.07) is 0. The van der Waals surface area contributed by atoms with Crippen LogP contribution in [0.5, 0.6) is 0 Å². The van der Waals surface area contributed by atoms with E-state index >= 15 is 0 Å². The van der Waals surface area contributed by atoms with Crippen molar-refractivity contribution in [2.24, 2.45) is 0 Å². The number of hydrogen-bond donors (Lipinski definition) is 0. The van der Waals surface area contributed by atoms with Gasteiger partial charge in [-0.2, -0.15) is 0 Å². The Kier molecular flexibility index (Phi) is 16.5. The zero-order valence-electron chi connectivity index (χ0n) is 12.9. The van der Waals surface area contributed by atoms with Crippen LogP contribution in [-0.4, -0.2) is 0 Å². The molecule has 0 fully saturated rings. The maximum absolute atomic E-state index is 3.86. The molecule has 1 radical (unpaired) electrons. The summed E-state index contributed by atoms with van der Waals surface area (Å²) in [6.45, 7) is 6.11. The van der Waals surface area contributed by atoms with E-state index < -0.39 is 0 Å². The molecule has 0 aliphatic rings. The van der Waals surface area contributed by atoms with Crippen LogP contribution in [0.4, 0.5) is 0 Å². The molecule has 0 amide bonds. The highest BCUT2D eigenvalue weighted by molar-refractivity contribution is 4.97. The summed E-state index contributed by atoms with van der Waals surface area (Å²) in [5.41, 5.74) is 0. The molecule has 0 aliphatic carbocycles. The molecular weight excluding hydrogens is 228 g/mol. The highest BCUT2D eigenvalue weighted by Gasteiger charge is 1.83. The number of unbranched alkanes of at least 4 members (excludes halogenated alkanes) is 7. The van der Waals surface area contributed by atoms with Crippen LogP contribution in [0.3, 0.4) is 0 Å². The molecule has 19 heavy (non-hydrogen) atoms. The SMILES string of the molecule is [CH2]CCCCC/C=C\C/C=C\C/C=C\CCCCC. The van der Waals surface area contributed by atoms with E-state index in [-0.39, 0.29) is 0 Å². The van der Waals surface area contributed by atoms with E-state index in [9.17, 15) is 0 Å². The van der Waals surface area contributed by atoms with Crippen LogP contribution in [0.1, 0.15) is 77.6 Å². The van der Waals surface area contributed by atoms with E-state index in [2.05, 4.69) is 50.3 Å². The summed E-state index contributed by atoms with van der Waals surface area (Å²) in [5, 5.41) is 0. The first kappa shape index (κ1) is 18.2. The van der Waals surface area contributed by atoms with Crippen molar-refractivity contribution in [1.29, 1.82) is 0 Å². The fourth-order valence-corrected chi connectivity index (χ4v) is 1.91. The first-order chi connectivity index (χ1) is 9.41. The molecule has 0 aromatic carbocycles. The standard InChI is InChI=1S/C19H33/c1-3-5-7-9-11-13-15-17-19-18-16-14-12-10-8-6-4-2/h12-15,18-19H,1,3-11,16-17H2,2H3/b14-12-,15-13-,19-18-. The smallest absolute Gasteiger partial charge is 0.0169 e. The minimum atomic E-state index is 1.08. The molecule has 0 N–H and O–H groups in total. The Morgan fingerprint density at radius 2 is 1.16 bits per heavy atom. The first-order valence-electron chi connectivity index (χ1n) is 8.16. The predicted octanol–water partition coefficient (Wildman–Crippen LogP) is 6.80. The minimum absolute atomic E-state index is 1.08. The number of rotatable bonds is 13. The van der Waals surface area contributed by atoms with Crippen molar-refractivity contribution in [3.05, 3.63) is 43.4 Å². The van der Waals surface area contributed by atoms with Gasteiger partial charge in [0.2, 0.25) is 0 Å². The van der Waals surface area contributed by atoms with Gasteiger partial charge in [0.25, 0.3) is 0 Å². The molecule has 0 saturated heterocycles. The van der Waals surface area contributed by atoms with Gasteiger partial charge < -0.3 is 0 Å². The lowest BCUT2D eigenvalue weighted by atomic mass is 10.1. The molecule has 0 bridgehead atoms. The Morgan fingerprint density at radius 3 is 1.68 bits per heavy atom. The summed E-state index contributed by atoms with van der Waals surface area (Å²) >= 11 is 0. The van der Waals surface area contributed by atoms with Crippen LogP contribution in [-0.2, 0) is 0 Å². The monoisotopic (exact) mass is 261 g/mol. The van der Waals surface area contributed by atoms with Gasteiger partial charge in [-0.05, 0) is 38.5 Å². The predicted molar refractivity (Wildman–Crippen MR) is 89.2 cm³/mol. The lowest BCUT2D eigenvalue weighted by Crippen LogP contribution is -1.73. The van der Waals surface area contributed by atoms with Crippen molar-refractivity contribution < 1.29 is 0 Å². The van der Waals surface area contributed by atoms with Gasteiger partial charge in [-0.1, -0.05) is 82.4 Å². The molecule has 0 saturated carbocycles. The van der Waals surface area contributed by atoms with E-state index in [4.69, 9.17) is 0 Å². The molecule has 0 heterocycles. The Hall–Kier alpha value is -0.780. The Balaban J connectivity index is 3.26. The average Bonchev–Trinajstić information content (AvgIpc) is 2.43. The minimum Gasteiger partial charge on any atom is -0.0882 e. The molecule has 0 unspecified atom stereocenters. The zero-order valence-corrected chi connectivity index (χ0v) is 12.9. The van der Waals surface area contributed by atoms with Crippen LogP contribution in [0.2, 0.25) is 0 Å². The van der Waals surface area contributed by atoms with Crippen LogP contribution in [0, 0.1) is 6.92 Å². The van der Waals surface area contributed by atoms with Gasteiger partial charge >= 0.3 is 0 Å². The van der Waals surface area contributed by atoms with Gasteiger partial charge in [-0.15, -0.1) is 0 Å². The highest BCUT2D eigenvalue weighted by Crippen LogP contribution is 2.03. The summed E-state index contributed by atoms with van der Waals surface area (Å²) in [7, 11) is 0. The molecule has 0 spiro atoms. The van der Waals surface area contributed by atoms with Crippen molar-refractivity contribution in [2.75, 3.05) is 0 Å². The second-order valence-electron chi connectivity index (χ2n) is 5.08. The van der Waals surface area contributed by atoms with Crippen molar-refractivity contribution >= 4 is 0 Å². The second-order valence-corrected chi connectivity index (χ2v) is 5.08. The van der Waals surface area contributed by atoms with Crippen molar-refractivity contribution in [3.8, 4) is 0 Å². The zero-order chi connectivity index (χ0) is 14.0. The molecule has 0 aliphatic heterocycles. The number of hydrogen-bond acceptors (Lipinski definition) is 0. The van der Waals surface area contributed by atoms with Crippen molar-refractivity contribution in [3.63, 3.8) is 0 Å². The molecule has 0 aromatic rings. The molecule has 0 aromatic heterocycles. The fourth-order valence-electron chi connectivity index (χ4n) is 1.91. The average molecular weight is 261 g/mol. The van der Waals surface area contributed by atoms with E-state index in [1.807, 2.05) is 0 Å². The van der Waals surface area contributed by atoms with Gasteiger partial charge in [-0.25, -0.2) is 0 Å². The van der Waals surface area contributed by atoms with E-state index in [1.165, 1.54) is 51.4 Å². The molecule has 109 valence electrons. The molecule has 0 atom stereocenters. The quantitative estimate of drug-likeness (QED) is 0.252. The molecule has 0 rings (SSSR count). The van der Waals surface area contributed by atoms with Crippen LogP contribution in [0.25, 0.3) is 0 Å². The normalized spacial score (nSPS) is 12.3. The van der Waals surface area contributed by atoms with Gasteiger partial charge in [0, 0.05) is 0 Å². The maximum Gasteiger partial charge on any atom is -0.0169 e. The topological polar surface area (TPSA) is 0 Å². The third kappa shape index (κ3) is 17.2. The molecule has 0 nitrogen and oxygen atoms in total. The van der Waals surface area contributed by atoms with Crippen molar-refractivity contribution in [1.82, 2.24) is 0 Å². The summed E-state index contributed by atoms with van der Waals surface area (Å²) in [5.74, 6) is 0. The largest absolute Gasteiger partial charge is 0.0882 e. The van der Waals surface area contributed by atoms with E-state index in [0.717, 1.165) is 19.3 Å². The third-order valence-electron chi connectivity index (χ3n) is 3.14. The first-order valence-corrected chi connectivity index (χ1v) is 8.16. The molecular formula is C19H33. The van der Waals surface area contributed by atoms with Crippen molar-refractivity contribution in [2.45, 2.75) is 77.6 Å². The third-order valence-corrected chi connectivity index (χ3v) is 3.14. The summed E-state index contributed by atoms with van der Waals surface area (Å²) in [4.78, 5) is 0. The second kappa shape index (κ2) is 17.2. The van der Waals surface area contributed by atoms with Crippen LogP contribution < -0.4 is 0 Å². The van der Waals surface area contributed by atoms with E-state index in [0.29, 0.717) is 0 Å². The Labute approximate surface area is 121 Å². The van der Waals surface area contributed by atoms with Gasteiger partial charge in [0.05, 0.1) is 0 Å². The van der Waals surface area contributed by atoms with Crippen LogP contribution in [0.15, 0.2) is 36.5 Å². The maximum atomic E-state index is 3.86. The van der Waals surface area contributed by atoms with Gasteiger partial charge in [-0.3, -0.25) is 0 Å². The highest BCUT2D eigenvalue weighted by atomic mass is 13.9. The number of allylic oxidation sites excluding steroid dienone is 6. The summed E-state index contributed by atoms with van der Waals surface area (Å²) in [6.07, 6.45) is 27.4. The Bertz CT molecular complexity index is 232. The van der Waals surface area contributed by atoms with E-state index in [1.54, 1.807) is 0 Å².